The van der Waals surface area contributed by atoms with Crippen LogP contribution in [0.4, 0.5) is 5.69 Å². The molecule has 398 valence electrons. The fourth-order valence-corrected chi connectivity index (χ4v) is 11.8. The highest BCUT2D eigenvalue weighted by Crippen LogP contribution is 2.66. The summed E-state index contributed by atoms with van der Waals surface area (Å²) in [4.78, 5) is 89.9. The second kappa shape index (κ2) is 23.0. The number of H-pyrrole nitrogens is 1. The number of fused-ring (bicyclic) bond motifs is 7. The van der Waals surface area contributed by atoms with Gasteiger partial charge in [-0.1, -0.05) is 92.7 Å². The highest BCUT2D eigenvalue weighted by atomic mass is 16.6. The van der Waals surface area contributed by atoms with E-state index in [1.807, 2.05) is 49.4 Å². The molecule has 3 amide bonds. The van der Waals surface area contributed by atoms with Crippen molar-refractivity contribution in [3.8, 4) is 0 Å². The van der Waals surface area contributed by atoms with Gasteiger partial charge in [0, 0.05) is 61.5 Å². The van der Waals surface area contributed by atoms with Crippen molar-refractivity contribution in [2.45, 2.75) is 102 Å². The van der Waals surface area contributed by atoms with Gasteiger partial charge in [0.25, 0.3) is 0 Å². The monoisotopic (exact) mass is 1030 g/mol. The third-order valence-electron chi connectivity index (χ3n) is 15.6. The zero-order valence-electron chi connectivity index (χ0n) is 42.6. The number of guanidine groups is 1. The van der Waals surface area contributed by atoms with Gasteiger partial charge in [0.1, 0.15) is 36.1 Å². The van der Waals surface area contributed by atoms with Gasteiger partial charge in [0.15, 0.2) is 12.1 Å². The van der Waals surface area contributed by atoms with E-state index in [9.17, 15) is 39.0 Å². The Morgan fingerprint density at radius 3 is 2.36 bits per heavy atom. The topological polar surface area (TPSA) is 296 Å². The van der Waals surface area contributed by atoms with Crippen LogP contribution in [0.25, 0.3) is 10.8 Å². The number of aliphatic hydroxyl groups excluding tert-OH is 1. The zero-order chi connectivity index (χ0) is 53.7. The first kappa shape index (κ1) is 53.9. The molecule has 2 heterocycles. The molecule has 3 aliphatic carbocycles. The second-order valence-corrected chi connectivity index (χ2v) is 20.3. The number of carbonyl (C=O) groups excluding carboxylic acids is 6. The summed E-state index contributed by atoms with van der Waals surface area (Å²) < 4.78 is 23.5. The number of aliphatic hydroxyl groups is 2. The first-order valence-electron chi connectivity index (χ1n) is 25.5. The van der Waals surface area contributed by atoms with E-state index in [2.05, 4.69) is 25.9 Å². The van der Waals surface area contributed by atoms with Gasteiger partial charge in [-0.25, -0.2) is 14.4 Å². The number of rotatable bonds is 16. The number of cyclic esters (lactones) is 1. The van der Waals surface area contributed by atoms with Crippen molar-refractivity contribution in [2.24, 2.45) is 57.9 Å². The molecule has 0 saturated heterocycles. The number of methoxy groups -OCH3 is 1. The average molecular weight is 1030 g/mol. The molecule has 19 nitrogen and oxygen atoms in total. The molecule has 4 unspecified atom stereocenters. The molecule has 15 atom stereocenters. The number of allylic oxidation sites excluding steroid dienone is 1. The van der Waals surface area contributed by atoms with Crippen molar-refractivity contribution in [3.63, 3.8) is 0 Å². The highest BCUT2D eigenvalue weighted by Gasteiger charge is 2.71. The van der Waals surface area contributed by atoms with E-state index in [4.69, 9.17) is 30.4 Å². The summed E-state index contributed by atoms with van der Waals surface area (Å²) >= 11 is 0. The predicted molar refractivity (Wildman–Crippen MR) is 277 cm³/mol. The molecule has 19 heteroatoms. The summed E-state index contributed by atoms with van der Waals surface area (Å²) in [6.07, 6.45) is 2.34. The lowest BCUT2D eigenvalue weighted by molar-refractivity contribution is -0.189. The van der Waals surface area contributed by atoms with Crippen LogP contribution in [-0.2, 0) is 49.3 Å². The lowest BCUT2D eigenvalue weighted by Gasteiger charge is -2.61. The van der Waals surface area contributed by atoms with Crippen LogP contribution in [0.15, 0.2) is 120 Å². The minimum absolute atomic E-state index is 0.00419. The maximum Gasteiger partial charge on any atom is 0.397 e. The largest absolute Gasteiger partial charge is 0.457 e. The smallest absolute Gasteiger partial charge is 0.397 e. The lowest BCUT2D eigenvalue weighted by atomic mass is 9.46. The van der Waals surface area contributed by atoms with E-state index in [0.29, 0.717) is 23.2 Å². The maximum atomic E-state index is 14.3. The number of hydrogen-bond donors (Lipinski definition) is 8. The number of amides is 3. The Morgan fingerprint density at radius 1 is 0.920 bits per heavy atom. The van der Waals surface area contributed by atoms with Crippen LogP contribution in [0, 0.1) is 41.4 Å². The molecule has 10 N–H and O–H groups in total. The van der Waals surface area contributed by atoms with E-state index in [-0.39, 0.29) is 49.3 Å². The van der Waals surface area contributed by atoms with E-state index < -0.39 is 113 Å². The van der Waals surface area contributed by atoms with Crippen molar-refractivity contribution in [3.05, 3.63) is 126 Å². The molecule has 0 bridgehead atoms. The molecular formula is C56H67N7O12. The van der Waals surface area contributed by atoms with E-state index >= 15 is 0 Å². The molecule has 8 rings (SSSR count). The van der Waals surface area contributed by atoms with E-state index in [1.54, 1.807) is 80.7 Å². The van der Waals surface area contributed by atoms with Gasteiger partial charge in [-0.3, -0.25) is 19.4 Å². The van der Waals surface area contributed by atoms with Gasteiger partial charge in [-0.15, -0.1) is 0 Å². The molecule has 3 aromatic carbocycles. The number of ether oxygens (including phenoxy) is 4. The molecule has 0 radical (unpaired) electrons. The number of nitrogens with one attached hydrogen (secondary N) is 4. The number of esters is 3. The van der Waals surface area contributed by atoms with Crippen molar-refractivity contribution < 1.29 is 57.9 Å². The lowest BCUT2D eigenvalue weighted by Crippen LogP contribution is -2.65. The first-order chi connectivity index (χ1) is 35.9. The molecule has 2 saturated carbocycles. The summed E-state index contributed by atoms with van der Waals surface area (Å²) in [6, 6.07) is 22.6. The predicted octanol–water partition coefficient (Wildman–Crippen LogP) is 3.85. The SMILES string of the molecule is CO[C@H]1C[C@H]2C=CC3C(C4[C@H]3[C@H](OC(=O)c3ccc[nH]3)[C@H](C)[C@H]4O)[C@]2(O)/C(C)=C/[C@@H](C)[C@@H]([C@@H](C)OC(=O)C(=O)NC(Cc2ccccc2)C(=O)N[C@@H](CCCN=C(N)N)C(=O)Nc2ccc3ccccc3c2)OC1=O. The summed E-state index contributed by atoms with van der Waals surface area (Å²) in [6.45, 7) is 6.96. The highest BCUT2D eigenvalue weighted by molar-refractivity contribution is 6.33. The van der Waals surface area contributed by atoms with Crippen LogP contribution >= 0.6 is 0 Å². The van der Waals surface area contributed by atoms with Gasteiger partial charge in [0.2, 0.25) is 11.8 Å². The summed E-state index contributed by atoms with van der Waals surface area (Å²) in [5.74, 6) is -8.82. The van der Waals surface area contributed by atoms with Crippen molar-refractivity contribution in [1.29, 1.82) is 0 Å². The summed E-state index contributed by atoms with van der Waals surface area (Å²) in [5.41, 5.74) is 11.4. The Balaban J connectivity index is 0.987. The second-order valence-electron chi connectivity index (χ2n) is 20.3. The number of aromatic nitrogens is 1. The van der Waals surface area contributed by atoms with E-state index in [1.165, 1.54) is 14.0 Å². The number of benzene rings is 3. The molecule has 2 fully saturated rings. The summed E-state index contributed by atoms with van der Waals surface area (Å²) in [5, 5.41) is 34.9. The van der Waals surface area contributed by atoms with Crippen molar-refractivity contribution in [1.82, 2.24) is 15.6 Å². The quantitative estimate of drug-likeness (QED) is 0.0151. The number of aliphatic imine (C=N–C) groups is 1. The van der Waals surface area contributed by atoms with Crippen molar-refractivity contribution in [2.75, 3.05) is 19.0 Å². The Labute approximate surface area is 434 Å². The van der Waals surface area contributed by atoms with Crippen LogP contribution in [0.2, 0.25) is 0 Å². The Kier molecular flexibility index (Phi) is 16.6. The van der Waals surface area contributed by atoms with Crippen LogP contribution in [0.3, 0.4) is 0 Å². The van der Waals surface area contributed by atoms with Crippen LogP contribution in [0.5, 0.6) is 0 Å². The zero-order valence-corrected chi connectivity index (χ0v) is 42.6. The molecule has 4 aliphatic rings. The Morgan fingerprint density at radius 2 is 1.65 bits per heavy atom. The van der Waals surface area contributed by atoms with E-state index in [0.717, 1.165) is 10.8 Å². The van der Waals surface area contributed by atoms with Gasteiger partial charge in [-0.05, 0) is 91.1 Å². The molecule has 4 aromatic rings. The first-order valence-corrected chi connectivity index (χ1v) is 25.5. The molecular weight excluding hydrogens is 963 g/mol. The normalized spacial score (nSPS) is 29.7. The van der Waals surface area contributed by atoms with Gasteiger partial charge < -0.3 is 61.6 Å². The number of carbonyl (C=O) groups is 6. The van der Waals surface area contributed by atoms with Gasteiger partial charge in [-0.2, -0.15) is 0 Å². The van der Waals surface area contributed by atoms with Crippen LogP contribution < -0.4 is 27.4 Å². The van der Waals surface area contributed by atoms with Crippen LogP contribution in [-0.4, -0.2) is 119 Å². The molecule has 1 aromatic heterocycles. The number of aromatic amines is 1. The minimum Gasteiger partial charge on any atom is -0.457 e. The third kappa shape index (κ3) is 11.5. The third-order valence-corrected chi connectivity index (χ3v) is 15.6. The maximum absolute atomic E-state index is 14.3. The number of hydrogen-bond acceptors (Lipinski definition) is 13. The minimum atomic E-state index is -1.61. The summed E-state index contributed by atoms with van der Waals surface area (Å²) in [7, 11) is 1.35. The average Bonchev–Trinajstić information content (AvgIpc) is 4.09. The molecule has 1 aliphatic heterocycles. The molecule has 75 heavy (non-hydrogen) atoms. The number of nitrogens with two attached hydrogens (primary N) is 2. The Bertz CT molecular complexity index is 2830. The van der Waals surface area contributed by atoms with Crippen LogP contribution in [0.1, 0.15) is 63.0 Å². The van der Waals surface area contributed by atoms with Gasteiger partial charge >= 0.3 is 23.8 Å². The standard InChI is InChI=1S/C56H67N7O12/c1-29-25-30(2)56(71)36(20-22-38-43-44(45(38)56)46(64)31(3)48(43)75-52(68)40-18-12-23-59-40)28-42(72-5)53(69)74-47(29)32(4)73-54(70)51(67)63-41(26-33-13-7-6-8-14-33)50(66)62-39(17-11-24-60-55(57)58)49(65)61-37-21-19-34-15-9-10-16-35(34)27-37/h6-10,12-16,18-23,25,27,29,31-32,36,38-39,41-48,59,64,71H,11,17,24,26,28H2,1-5H3,(H,61,65)(H,62,66)(H,63,67)(H4,57,58,60)/b30-25+/t29-,31-,32-,36-,38?,39+,41?,42+,43+,44?,45?,46-,47+,48-,56+/m1/s1. The number of nitrogens with zero attached hydrogens (tertiary/aromatic N) is 1. The van der Waals surface area contributed by atoms with Crippen molar-refractivity contribution >= 4 is 58.0 Å². The molecule has 0 spiro atoms. The van der Waals surface area contributed by atoms with Gasteiger partial charge in [0.05, 0.1) is 11.7 Å². The fraction of sp³-hybridized carbons (Fsp3) is 0.446. The number of anilines is 1. The Hall–Kier alpha value is -7.35. The fourth-order valence-electron chi connectivity index (χ4n) is 11.8.